The highest BCUT2D eigenvalue weighted by Gasteiger charge is 2.17. The molecule has 0 saturated heterocycles. The van der Waals surface area contributed by atoms with E-state index in [4.69, 9.17) is 4.52 Å². The van der Waals surface area contributed by atoms with Crippen LogP contribution in [0.5, 0.6) is 0 Å². The normalized spacial score (nSPS) is 12.5. The van der Waals surface area contributed by atoms with Crippen molar-refractivity contribution in [2.24, 2.45) is 0 Å². The molecule has 2 rings (SSSR count). The van der Waals surface area contributed by atoms with Gasteiger partial charge in [0.05, 0.1) is 16.2 Å². The van der Waals surface area contributed by atoms with Gasteiger partial charge in [0.2, 0.25) is 0 Å². The quantitative estimate of drug-likeness (QED) is 0.943. The Balaban J connectivity index is 2.23. The SMILES string of the molecule is Cc1noc(C)c1C(C)Nc1ncncc1Br. The fraction of sp³-hybridized carbons (Fsp3) is 0.364. The number of nitrogens with one attached hydrogen (secondary N) is 1. The van der Waals surface area contributed by atoms with Crippen molar-refractivity contribution in [3.8, 4) is 0 Å². The zero-order chi connectivity index (χ0) is 12.4. The summed E-state index contributed by atoms with van der Waals surface area (Å²) >= 11 is 3.40. The molecule has 2 aromatic heterocycles. The van der Waals surface area contributed by atoms with Gasteiger partial charge in [-0.05, 0) is 36.7 Å². The monoisotopic (exact) mass is 296 g/mol. The van der Waals surface area contributed by atoms with E-state index in [9.17, 15) is 0 Å². The van der Waals surface area contributed by atoms with E-state index in [1.165, 1.54) is 6.33 Å². The van der Waals surface area contributed by atoms with Crippen molar-refractivity contribution in [1.29, 1.82) is 0 Å². The molecular formula is C11H13BrN4O. The van der Waals surface area contributed by atoms with E-state index in [1.54, 1.807) is 6.20 Å². The Morgan fingerprint density at radius 3 is 2.76 bits per heavy atom. The topological polar surface area (TPSA) is 63.8 Å². The molecule has 6 heteroatoms. The number of hydrogen-bond acceptors (Lipinski definition) is 5. The predicted octanol–water partition coefficient (Wildman–Crippen LogP) is 3.02. The summed E-state index contributed by atoms with van der Waals surface area (Å²) in [5.41, 5.74) is 1.96. The highest BCUT2D eigenvalue weighted by atomic mass is 79.9. The molecule has 0 aliphatic carbocycles. The average molecular weight is 297 g/mol. The summed E-state index contributed by atoms with van der Waals surface area (Å²) in [6, 6.07) is 0.0763. The minimum absolute atomic E-state index is 0.0763. The summed E-state index contributed by atoms with van der Waals surface area (Å²) in [6.07, 6.45) is 3.21. The Morgan fingerprint density at radius 1 is 1.41 bits per heavy atom. The number of aryl methyl sites for hydroxylation is 2. The summed E-state index contributed by atoms with van der Waals surface area (Å²) in [6.45, 7) is 5.88. The van der Waals surface area contributed by atoms with Gasteiger partial charge < -0.3 is 9.84 Å². The lowest BCUT2D eigenvalue weighted by Gasteiger charge is -2.14. The molecule has 0 radical (unpaired) electrons. The zero-order valence-electron chi connectivity index (χ0n) is 9.86. The molecule has 0 aliphatic heterocycles. The maximum Gasteiger partial charge on any atom is 0.144 e. The van der Waals surface area contributed by atoms with Crippen molar-refractivity contribution in [1.82, 2.24) is 15.1 Å². The van der Waals surface area contributed by atoms with Gasteiger partial charge in [-0.3, -0.25) is 0 Å². The second-order valence-electron chi connectivity index (χ2n) is 3.82. The van der Waals surface area contributed by atoms with E-state index in [2.05, 4.69) is 36.4 Å². The van der Waals surface area contributed by atoms with Crippen LogP contribution in [0.25, 0.3) is 0 Å². The van der Waals surface area contributed by atoms with E-state index in [0.29, 0.717) is 0 Å². The molecule has 1 N–H and O–H groups in total. The highest BCUT2D eigenvalue weighted by molar-refractivity contribution is 9.10. The van der Waals surface area contributed by atoms with Gasteiger partial charge in [0, 0.05) is 11.8 Å². The third-order valence-electron chi connectivity index (χ3n) is 2.54. The second-order valence-corrected chi connectivity index (χ2v) is 4.68. The van der Waals surface area contributed by atoms with Crippen molar-refractivity contribution in [3.05, 3.63) is 34.0 Å². The molecule has 0 aliphatic rings. The Bertz CT molecular complexity index is 506. The summed E-state index contributed by atoms with van der Waals surface area (Å²) in [5, 5.41) is 7.24. The fourth-order valence-corrected chi connectivity index (χ4v) is 2.14. The van der Waals surface area contributed by atoms with Crippen molar-refractivity contribution < 1.29 is 4.52 Å². The van der Waals surface area contributed by atoms with Crippen LogP contribution in [-0.4, -0.2) is 15.1 Å². The average Bonchev–Trinajstić information content (AvgIpc) is 2.62. The maximum atomic E-state index is 5.15. The Morgan fingerprint density at radius 2 is 2.18 bits per heavy atom. The van der Waals surface area contributed by atoms with Crippen LogP contribution in [0.2, 0.25) is 0 Å². The molecular weight excluding hydrogens is 284 g/mol. The van der Waals surface area contributed by atoms with Gasteiger partial charge in [-0.15, -0.1) is 0 Å². The van der Waals surface area contributed by atoms with Crippen LogP contribution >= 0.6 is 15.9 Å². The van der Waals surface area contributed by atoms with Gasteiger partial charge in [0.1, 0.15) is 17.9 Å². The van der Waals surface area contributed by atoms with Crippen LogP contribution in [-0.2, 0) is 0 Å². The summed E-state index contributed by atoms with van der Waals surface area (Å²) in [5.74, 6) is 1.58. The third-order valence-corrected chi connectivity index (χ3v) is 3.12. The minimum Gasteiger partial charge on any atom is -0.362 e. The molecule has 0 aromatic carbocycles. The van der Waals surface area contributed by atoms with Gasteiger partial charge in [-0.2, -0.15) is 0 Å². The van der Waals surface area contributed by atoms with E-state index < -0.39 is 0 Å². The van der Waals surface area contributed by atoms with Crippen LogP contribution in [0.4, 0.5) is 5.82 Å². The van der Waals surface area contributed by atoms with Crippen LogP contribution in [0.1, 0.15) is 30.0 Å². The summed E-state index contributed by atoms with van der Waals surface area (Å²) in [4.78, 5) is 8.09. The Hall–Kier alpha value is -1.43. The van der Waals surface area contributed by atoms with Gasteiger partial charge in [-0.1, -0.05) is 5.16 Å². The molecule has 0 bridgehead atoms. The smallest absolute Gasteiger partial charge is 0.144 e. The van der Waals surface area contributed by atoms with Crippen LogP contribution < -0.4 is 5.32 Å². The first-order chi connectivity index (χ1) is 8.09. The maximum absolute atomic E-state index is 5.15. The number of halogens is 1. The molecule has 0 fully saturated rings. The first kappa shape index (κ1) is 12.0. The number of hydrogen-bond donors (Lipinski definition) is 1. The Labute approximate surface area is 108 Å². The molecule has 0 saturated carbocycles. The molecule has 0 amide bonds. The van der Waals surface area contributed by atoms with E-state index in [-0.39, 0.29) is 6.04 Å². The largest absolute Gasteiger partial charge is 0.362 e. The first-order valence-corrected chi connectivity index (χ1v) is 6.03. The van der Waals surface area contributed by atoms with Gasteiger partial charge in [-0.25, -0.2) is 9.97 Å². The first-order valence-electron chi connectivity index (χ1n) is 5.24. The molecule has 1 unspecified atom stereocenters. The minimum atomic E-state index is 0.0763. The van der Waals surface area contributed by atoms with Gasteiger partial charge in [0.15, 0.2) is 0 Å². The van der Waals surface area contributed by atoms with Gasteiger partial charge >= 0.3 is 0 Å². The second kappa shape index (κ2) is 4.83. The van der Waals surface area contributed by atoms with Crippen molar-refractivity contribution in [3.63, 3.8) is 0 Å². The highest BCUT2D eigenvalue weighted by Crippen LogP contribution is 2.26. The molecule has 17 heavy (non-hydrogen) atoms. The molecule has 90 valence electrons. The lowest BCUT2D eigenvalue weighted by molar-refractivity contribution is 0.392. The predicted molar refractivity (Wildman–Crippen MR) is 67.7 cm³/mol. The van der Waals surface area contributed by atoms with Gasteiger partial charge in [0.25, 0.3) is 0 Å². The van der Waals surface area contributed by atoms with Crippen molar-refractivity contribution in [2.45, 2.75) is 26.8 Å². The zero-order valence-corrected chi connectivity index (χ0v) is 11.4. The van der Waals surface area contributed by atoms with Crippen LogP contribution in [0.3, 0.4) is 0 Å². The van der Waals surface area contributed by atoms with E-state index in [1.807, 2.05) is 20.8 Å². The molecule has 2 heterocycles. The van der Waals surface area contributed by atoms with E-state index in [0.717, 1.165) is 27.3 Å². The molecule has 0 spiro atoms. The van der Waals surface area contributed by atoms with Crippen LogP contribution in [0.15, 0.2) is 21.5 Å². The molecule has 1 atom stereocenters. The standard InChI is InChI=1S/C11H13BrN4O/c1-6(10-7(2)16-17-8(10)3)15-11-9(12)4-13-5-14-11/h4-6H,1-3H3,(H,13,14,15). The summed E-state index contributed by atoms with van der Waals surface area (Å²) < 4.78 is 5.98. The molecule has 5 nitrogen and oxygen atoms in total. The number of aromatic nitrogens is 3. The fourth-order valence-electron chi connectivity index (χ4n) is 1.80. The summed E-state index contributed by atoms with van der Waals surface area (Å²) in [7, 11) is 0. The lowest BCUT2D eigenvalue weighted by Crippen LogP contribution is -2.10. The third kappa shape index (κ3) is 2.46. The number of rotatable bonds is 3. The van der Waals surface area contributed by atoms with Crippen LogP contribution in [0, 0.1) is 13.8 Å². The lowest BCUT2D eigenvalue weighted by atomic mass is 10.1. The number of anilines is 1. The van der Waals surface area contributed by atoms with Crippen molar-refractivity contribution >= 4 is 21.7 Å². The molecule has 2 aromatic rings. The Kier molecular flexibility index (Phi) is 3.42. The van der Waals surface area contributed by atoms with Crippen molar-refractivity contribution in [2.75, 3.05) is 5.32 Å². The number of nitrogens with zero attached hydrogens (tertiary/aromatic N) is 3. The van der Waals surface area contributed by atoms with E-state index >= 15 is 0 Å².